The lowest BCUT2D eigenvalue weighted by Crippen LogP contribution is -2.38. The second-order valence-electron chi connectivity index (χ2n) is 12.0. The fraction of sp³-hybridized carbons (Fsp3) is 0.455. The predicted octanol–water partition coefficient (Wildman–Crippen LogP) is 12.3. The van der Waals surface area contributed by atoms with Crippen LogP contribution >= 0.6 is 0 Å². The van der Waals surface area contributed by atoms with Crippen LogP contribution < -0.4 is 0 Å². The minimum atomic E-state index is -0.117. The first-order valence-electron chi connectivity index (χ1n) is 18.6. The van der Waals surface area contributed by atoms with Crippen molar-refractivity contribution in [1.29, 1.82) is 0 Å². The summed E-state index contributed by atoms with van der Waals surface area (Å²) in [4.78, 5) is 0. The maximum Gasteiger partial charge on any atom is 0.115 e. The molecule has 0 aliphatic heterocycles. The van der Waals surface area contributed by atoms with Gasteiger partial charge in [-0.2, -0.15) is 0 Å². The van der Waals surface area contributed by atoms with Crippen LogP contribution in [0.4, 0.5) is 0 Å². The molecule has 0 heterocycles. The van der Waals surface area contributed by atoms with E-state index in [4.69, 9.17) is 0 Å². The van der Waals surface area contributed by atoms with Crippen LogP contribution in [0.5, 0.6) is 23.0 Å². The highest BCUT2D eigenvalue weighted by Crippen LogP contribution is 2.53. The molecule has 0 spiro atoms. The lowest BCUT2D eigenvalue weighted by Gasteiger charge is -2.47. The molecule has 262 valence electrons. The normalized spacial score (nSPS) is 16.6. The zero-order chi connectivity index (χ0) is 35.7. The van der Waals surface area contributed by atoms with Crippen LogP contribution in [0.1, 0.15) is 129 Å². The van der Waals surface area contributed by atoms with Gasteiger partial charge in [-0.1, -0.05) is 104 Å². The molecule has 4 nitrogen and oxygen atoms in total. The van der Waals surface area contributed by atoms with E-state index in [-0.39, 0.29) is 33.8 Å². The average Bonchev–Trinajstić information content (AvgIpc) is 3.16. The molecule has 0 saturated heterocycles. The summed E-state index contributed by atoms with van der Waals surface area (Å²) in [6, 6.07) is 30.8. The molecule has 2 fully saturated rings. The Morgan fingerprint density at radius 3 is 0.667 bits per heavy atom. The van der Waals surface area contributed by atoms with Gasteiger partial charge in [0.05, 0.1) is 0 Å². The van der Waals surface area contributed by atoms with Gasteiger partial charge in [0, 0.05) is 10.8 Å². The summed E-state index contributed by atoms with van der Waals surface area (Å²) in [5.74, 6) is 2.47. The number of benzene rings is 4. The average molecular weight is 655 g/mol. The molecule has 6 rings (SSSR count). The fourth-order valence-electron chi connectivity index (χ4n) is 7.82. The van der Waals surface area contributed by atoms with E-state index in [1.807, 2.05) is 55.4 Å². The Morgan fingerprint density at radius 2 is 0.500 bits per heavy atom. The van der Waals surface area contributed by atoms with Crippen LogP contribution in [0.2, 0.25) is 0 Å². The SMILES string of the molecule is CC.CC.CC.CC.Oc1ccc(C2(c3ccc(O)cc3)CCC(C3CCC(c4ccc(O)cc4)(c4ccc(O)cc4)CC3)CC2)cc1. The van der Waals surface area contributed by atoms with Gasteiger partial charge in [-0.25, -0.2) is 0 Å². The summed E-state index contributed by atoms with van der Waals surface area (Å²) in [5, 5.41) is 39.7. The monoisotopic (exact) mass is 654 g/mol. The van der Waals surface area contributed by atoms with Crippen LogP contribution in [-0.4, -0.2) is 20.4 Å². The summed E-state index contributed by atoms with van der Waals surface area (Å²) in [6.07, 6.45) is 8.79. The first kappa shape index (κ1) is 40.3. The van der Waals surface area contributed by atoms with E-state index in [2.05, 4.69) is 48.5 Å². The van der Waals surface area contributed by atoms with Crippen molar-refractivity contribution in [3.8, 4) is 23.0 Å². The van der Waals surface area contributed by atoms with E-state index >= 15 is 0 Å². The highest BCUT2D eigenvalue weighted by molar-refractivity contribution is 5.45. The standard InChI is InChI=1S/C36H38O4.4C2H6/c37-31-9-1-27(2-10-31)35(28-3-11-32(38)12-4-28)21-17-25(18-22-35)26-19-23-36(24-20-26,29-5-13-33(39)14-6-29)30-7-15-34(40)16-8-30;4*1-2/h1-16,25-26,37-40H,17-24H2;4*1-2H3. The number of hydrogen-bond donors (Lipinski definition) is 4. The molecule has 0 bridgehead atoms. The summed E-state index contributed by atoms with van der Waals surface area (Å²) >= 11 is 0. The molecular formula is C44H62O4. The molecule has 4 aromatic rings. The molecule has 4 N–H and O–H groups in total. The van der Waals surface area contributed by atoms with Crippen LogP contribution in [-0.2, 0) is 10.8 Å². The smallest absolute Gasteiger partial charge is 0.115 e. The summed E-state index contributed by atoms with van der Waals surface area (Å²) in [6.45, 7) is 16.0. The van der Waals surface area contributed by atoms with E-state index in [0.29, 0.717) is 11.8 Å². The first-order valence-corrected chi connectivity index (χ1v) is 18.6. The van der Waals surface area contributed by atoms with Crippen molar-refractivity contribution in [3.05, 3.63) is 119 Å². The van der Waals surface area contributed by atoms with E-state index in [1.54, 1.807) is 48.5 Å². The molecule has 4 aromatic carbocycles. The largest absolute Gasteiger partial charge is 0.508 e. The van der Waals surface area contributed by atoms with Gasteiger partial charge in [0.15, 0.2) is 0 Å². The third kappa shape index (κ3) is 9.15. The molecule has 48 heavy (non-hydrogen) atoms. The number of hydrogen-bond acceptors (Lipinski definition) is 4. The van der Waals surface area contributed by atoms with Gasteiger partial charge < -0.3 is 20.4 Å². The van der Waals surface area contributed by atoms with Gasteiger partial charge >= 0.3 is 0 Å². The van der Waals surface area contributed by atoms with Crippen molar-refractivity contribution in [2.24, 2.45) is 11.8 Å². The third-order valence-electron chi connectivity index (χ3n) is 10.1. The van der Waals surface area contributed by atoms with Gasteiger partial charge in [-0.15, -0.1) is 0 Å². The Morgan fingerprint density at radius 1 is 0.333 bits per heavy atom. The third-order valence-corrected chi connectivity index (χ3v) is 10.1. The van der Waals surface area contributed by atoms with Crippen molar-refractivity contribution < 1.29 is 20.4 Å². The maximum atomic E-state index is 9.93. The quantitative estimate of drug-likeness (QED) is 0.173. The van der Waals surface area contributed by atoms with Crippen LogP contribution in [0.15, 0.2) is 97.1 Å². The Hall–Kier alpha value is -3.92. The second-order valence-corrected chi connectivity index (χ2v) is 12.0. The molecule has 0 atom stereocenters. The van der Waals surface area contributed by atoms with Crippen LogP contribution in [0, 0.1) is 11.8 Å². The number of phenolic OH excluding ortho intramolecular Hbond substituents is 4. The zero-order valence-electron chi connectivity index (χ0n) is 30.8. The van der Waals surface area contributed by atoms with Crippen molar-refractivity contribution in [2.45, 2.75) is 118 Å². The van der Waals surface area contributed by atoms with Gasteiger partial charge in [-0.05, 0) is 134 Å². The van der Waals surface area contributed by atoms with Crippen molar-refractivity contribution in [3.63, 3.8) is 0 Å². The van der Waals surface area contributed by atoms with Crippen molar-refractivity contribution >= 4 is 0 Å². The Labute approximate surface area is 291 Å². The molecule has 2 saturated carbocycles. The minimum absolute atomic E-state index is 0.117. The van der Waals surface area contributed by atoms with Crippen molar-refractivity contribution in [1.82, 2.24) is 0 Å². The molecule has 0 unspecified atom stereocenters. The van der Waals surface area contributed by atoms with E-state index in [9.17, 15) is 20.4 Å². The van der Waals surface area contributed by atoms with E-state index < -0.39 is 0 Å². The molecule has 2 aliphatic carbocycles. The molecule has 2 aliphatic rings. The Kier molecular flexibility index (Phi) is 16.6. The van der Waals surface area contributed by atoms with Crippen molar-refractivity contribution in [2.75, 3.05) is 0 Å². The number of phenols is 4. The number of rotatable bonds is 5. The van der Waals surface area contributed by atoms with Gasteiger partial charge in [-0.3, -0.25) is 0 Å². The zero-order valence-corrected chi connectivity index (χ0v) is 30.8. The van der Waals surface area contributed by atoms with E-state index in [0.717, 1.165) is 51.4 Å². The lowest BCUT2D eigenvalue weighted by atomic mass is 9.57. The second kappa shape index (κ2) is 19.8. The molecular weight excluding hydrogens is 592 g/mol. The maximum absolute atomic E-state index is 9.93. The summed E-state index contributed by atoms with van der Waals surface area (Å²) < 4.78 is 0. The van der Waals surface area contributed by atoms with Gasteiger partial charge in [0.25, 0.3) is 0 Å². The molecule has 0 radical (unpaired) electrons. The molecule has 4 heteroatoms. The molecule has 0 aromatic heterocycles. The van der Waals surface area contributed by atoms with Crippen LogP contribution in [0.25, 0.3) is 0 Å². The lowest BCUT2D eigenvalue weighted by molar-refractivity contribution is 0.140. The minimum Gasteiger partial charge on any atom is -0.508 e. The topological polar surface area (TPSA) is 80.9 Å². The Balaban J connectivity index is 0.000000933. The van der Waals surface area contributed by atoms with Gasteiger partial charge in [0.1, 0.15) is 23.0 Å². The van der Waals surface area contributed by atoms with E-state index in [1.165, 1.54) is 22.3 Å². The highest BCUT2D eigenvalue weighted by atomic mass is 16.3. The molecule has 0 amide bonds. The summed E-state index contributed by atoms with van der Waals surface area (Å²) in [7, 11) is 0. The summed E-state index contributed by atoms with van der Waals surface area (Å²) in [5.41, 5.74) is 4.70. The predicted molar refractivity (Wildman–Crippen MR) is 203 cm³/mol. The van der Waals surface area contributed by atoms with Gasteiger partial charge in [0.2, 0.25) is 0 Å². The van der Waals surface area contributed by atoms with Crippen LogP contribution in [0.3, 0.4) is 0 Å². The Bertz CT molecular complexity index is 1200. The first-order chi connectivity index (χ1) is 23.4. The highest BCUT2D eigenvalue weighted by Gasteiger charge is 2.44. The fourth-order valence-corrected chi connectivity index (χ4v) is 7.82. The number of aromatic hydroxyl groups is 4.